The predicted octanol–water partition coefficient (Wildman–Crippen LogP) is 2.20. The van der Waals surface area contributed by atoms with Gasteiger partial charge in [-0.2, -0.15) is 10.1 Å². The molecule has 1 heterocycles. The average Bonchev–Trinajstić information content (AvgIpc) is 2.94. The van der Waals surface area contributed by atoms with Gasteiger partial charge >= 0.3 is 0 Å². The first-order valence-corrected chi connectivity index (χ1v) is 5.54. The third-order valence-corrected chi connectivity index (χ3v) is 3.16. The third-order valence-electron chi connectivity index (χ3n) is 3.16. The van der Waals surface area contributed by atoms with Crippen molar-refractivity contribution in [3.8, 4) is 5.69 Å². The van der Waals surface area contributed by atoms with Crippen LogP contribution < -0.4 is 0 Å². The van der Waals surface area contributed by atoms with Gasteiger partial charge in [0, 0.05) is 12.4 Å². The molecule has 3 rings (SSSR count). The lowest BCUT2D eigenvalue weighted by molar-refractivity contribution is 0.556. The SMILES string of the molecule is O=C=NC1(c2ccc(-n3cccn3)cc2)CC1. The van der Waals surface area contributed by atoms with Crippen molar-refractivity contribution in [2.75, 3.05) is 0 Å². The van der Waals surface area contributed by atoms with Crippen molar-refractivity contribution < 1.29 is 4.79 Å². The van der Waals surface area contributed by atoms with Gasteiger partial charge < -0.3 is 0 Å². The van der Waals surface area contributed by atoms with E-state index in [1.807, 2.05) is 36.5 Å². The van der Waals surface area contributed by atoms with Gasteiger partial charge in [-0.25, -0.2) is 9.48 Å². The van der Waals surface area contributed by atoms with Crippen molar-refractivity contribution in [1.82, 2.24) is 9.78 Å². The smallest absolute Gasteiger partial charge is 0.235 e. The van der Waals surface area contributed by atoms with E-state index in [0.29, 0.717) is 0 Å². The van der Waals surface area contributed by atoms with Crippen LogP contribution in [0, 0.1) is 0 Å². The van der Waals surface area contributed by atoms with Crippen LogP contribution >= 0.6 is 0 Å². The van der Waals surface area contributed by atoms with Gasteiger partial charge in [0.15, 0.2) is 0 Å². The largest absolute Gasteiger partial charge is 0.241 e. The first-order chi connectivity index (χ1) is 8.34. The summed E-state index contributed by atoms with van der Waals surface area (Å²) in [4.78, 5) is 14.3. The van der Waals surface area contributed by atoms with E-state index in [4.69, 9.17) is 0 Å². The highest BCUT2D eigenvalue weighted by Gasteiger charge is 2.44. The maximum atomic E-state index is 10.4. The molecule has 1 aliphatic rings. The van der Waals surface area contributed by atoms with Gasteiger partial charge in [0.25, 0.3) is 0 Å². The summed E-state index contributed by atoms with van der Waals surface area (Å²) in [5, 5.41) is 4.16. The van der Waals surface area contributed by atoms with Crippen LogP contribution in [0.5, 0.6) is 0 Å². The fourth-order valence-electron chi connectivity index (χ4n) is 2.02. The molecule has 0 aliphatic heterocycles. The number of rotatable bonds is 3. The van der Waals surface area contributed by atoms with Crippen molar-refractivity contribution >= 4 is 6.08 Å². The van der Waals surface area contributed by atoms with Crippen molar-refractivity contribution in [2.24, 2.45) is 4.99 Å². The number of isocyanates is 1. The van der Waals surface area contributed by atoms with Crippen LogP contribution in [0.2, 0.25) is 0 Å². The molecule has 0 atom stereocenters. The molecule has 17 heavy (non-hydrogen) atoms. The molecule has 1 aromatic heterocycles. The van der Waals surface area contributed by atoms with Crippen molar-refractivity contribution in [3.63, 3.8) is 0 Å². The third kappa shape index (κ3) is 1.69. The van der Waals surface area contributed by atoms with Gasteiger partial charge in [-0.3, -0.25) is 0 Å². The fraction of sp³-hybridized carbons (Fsp3) is 0.231. The Balaban J connectivity index is 1.93. The van der Waals surface area contributed by atoms with Crippen LogP contribution in [0.3, 0.4) is 0 Å². The Morgan fingerprint density at radius 1 is 1.29 bits per heavy atom. The Bertz CT molecular complexity index is 561. The van der Waals surface area contributed by atoms with E-state index in [0.717, 1.165) is 24.1 Å². The summed E-state index contributed by atoms with van der Waals surface area (Å²) >= 11 is 0. The zero-order chi connectivity index (χ0) is 11.7. The van der Waals surface area contributed by atoms with E-state index in [1.54, 1.807) is 17.0 Å². The molecule has 1 aliphatic carbocycles. The molecule has 0 spiro atoms. The molecule has 0 unspecified atom stereocenters. The summed E-state index contributed by atoms with van der Waals surface area (Å²) in [7, 11) is 0. The number of aliphatic imine (C=N–C) groups is 1. The topological polar surface area (TPSA) is 47.2 Å². The molecule has 1 saturated carbocycles. The molecule has 0 N–H and O–H groups in total. The summed E-state index contributed by atoms with van der Waals surface area (Å²) in [6, 6.07) is 9.87. The number of benzene rings is 1. The summed E-state index contributed by atoms with van der Waals surface area (Å²) in [6.45, 7) is 0. The van der Waals surface area contributed by atoms with Crippen LogP contribution in [0.15, 0.2) is 47.7 Å². The van der Waals surface area contributed by atoms with Crippen molar-refractivity contribution in [3.05, 3.63) is 48.3 Å². The van der Waals surface area contributed by atoms with Gasteiger partial charge in [-0.15, -0.1) is 0 Å². The van der Waals surface area contributed by atoms with Crippen LogP contribution in [0.25, 0.3) is 5.69 Å². The summed E-state index contributed by atoms with van der Waals surface area (Å²) in [5.41, 5.74) is 1.80. The van der Waals surface area contributed by atoms with Crippen LogP contribution in [0.1, 0.15) is 18.4 Å². The molecule has 0 bridgehead atoms. The molecule has 0 radical (unpaired) electrons. The molecule has 2 aromatic rings. The summed E-state index contributed by atoms with van der Waals surface area (Å²) < 4.78 is 1.80. The number of hydrogen-bond acceptors (Lipinski definition) is 3. The number of carbonyl (C=O) groups excluding carboxylic acids is 1. The molecule has 84 valence electrons. The van der Waals surface area contributed by atoms with Crippen molar-refractivity contribution in [2.45, 2.75) is 18.4 Å². The number of nitrogens with zero attached hydrogens (tertiary/aromatic N) is 3. The second-order valence-electron chi connectivity index (χ2n) is 4.23. The zero-order valence-electron chi connectivity index (χ0n) is 9.21. The summed E-state index contributed by atoms with van der Waals surface area (Å²) in [5.74, 6) is 0. The second kappa shape index (κ2) is 3.68. The Hall–Kier alpha value is -2.19. The minimum Gasteiger partial charge on any atom is -0.241 e. The molecule has 0 amide bonds. The molecular weight excluding hydrogens is 214 g/mol. The predicted molar refractivity (Wildman–Crippen MR) is 62.6 cm³/mol. The van der Waals surface area contributed by atoms with E-state index in [2.05, 4.69) is 10.1 Å². The highest BCUT2D eigenvalue weighted by atomic mass is 16.1. The standard InChI is InChI=1S/C13H11N3O/c17-10-14-13(6-7-13)11-2-4-12(5-3-11)16-9-1-8-15-16/h1-5,8-9H,6-7H2. The molecular formula is C13H11N3O. The highest BCUT2D eigenvalue weighted by molar-refractivity contribution is 5.43. The normalized spacial score (nSPS) is 16.2. The number of hydrogen-bond donors (Lipinski definition) is 0. The van der Waals surface area contributed by atoms with Gasteiger partial charge in [0.05, 0.1) is 11.2 Å². The monoisotopic (exact) mass is 225 g/mol. The van der Waals surface area contributed by atoms with Crippen molar-refractivity contribution in [1.29, 1.82) is 0 Å². The Morgan fingerprint density at radius 3 is 2.59 bits per heavy atom. The minimum absolute atomic E-state index is 0.287. The molecule has 1 fully saturated rings. The highest BCUT2D eigenvalue weighted by Crippen LogP contribution is 2.49. The first-order valence-electron chi connectivity index (χ1n) is 5.54. The quantitative estimate of drug-likeness (QED) is 0.593. The zero-order valence-corrected chi connectivity index (χ0v) is 9.21. The number of aromatic nitrogens is 2. The fourth-order valence-corrected chi connectivity index (χ4v) is 2.02. The lowest BCUT2D eigenvalue weighted by Crippen LogP contribution is -2.02. The second-order valence-corrected chi connectivity index (χ2v) is 4.23. The molecule has 4 heteroatoms. The average molecular weight is 225 g/mol. The first kappa shape index (κ1) is 10.00. The van der Waals surface area contributed by atoms with Crippen LogP contribution in [-0.4, -0.2) is 15.9 Å². The van der Waals surface area contributed by atoms with Gasteiger partial charge in [-0.1, -0.05) is 12.1 Å². The van der Waals surface area contributed by atoms with Gasteiger partial charge in [0.1, 0.15) is 0 Å². The summed E-state index contributed by atoms with van der Waals surface area (Å²) in [6.07, 6.45) is 7.17. The van der Waals surface area contributed by atoms with E-state index < -0.39 is 0 Å². The molecule has 0 saturated heterocycles. The van der Waals surface area contributed by atoms with Crippen LogP contribution in [-0.2, 0) is 10.3 Å². The van der Waals surface area contributed by atoms with Gasteiger partial charge in [-0.05, 0) is 36.6 Å². The van der Waals surface area contributed by atoms with E-state index in [1.165, 1.54) is 0 Å². The van der Waals surface area contributed by atoms with Crippen LogP contribution in [0.4, 0.5) is 0 Å². The maximum Gasteiger partial charge on any atom is 0.235 e. The Kier molecular flexibility index (Phi) is 2.16. The molecule has 1 aromatic carbocycles. The Morgan fingerprint density at radius 2 is 2.06 bits per heavy atom. The van der Waals surface area contributed by atoms with E-state index in [9.17, 15) is 4.79 Å². The molecule has 4 nitrogen and oxygen atoms in total. The maximum absolute atomic E-state index is 10.4. The van der Waals surface area contributed by atoms with Gasteiger partial charge in [0.2, 0.25) is 6.08 Å². The Labute approximate surface area is 98.6 Å². The lowest BCUT2D eigenvalue weighted by Gasteiger charge is -2.09. The van der Waals surface area contributed by atoms with E-state index >= 15 is 0 Å². The minimum atomic E-state index is -0.287. The lowest BCUT2D eigenvalue weighted by atomic mass is 10.1. The van der Waals surface area contributed by atoms with E-state index in [-0.39, 0.29) is 5.54 Å².